The van der Waals surface area contributed by atoms with Crippen LogP contribution in [-0.4, -0.2) is 30.9 Å². The van der Waals surface area contributed by atoms with Crippen molar-refractivity contribution in [2.75, 3.05) is 18.9 Å². The summed E-state index contributed by atoms with van der Waals surface area (Å²) in [6.07, 6.45) is 3.47. The molecule has 1 atom stereocenters. The molecule has 0 heterocycles. The fourth-order valence-corrected chi connectivity index (χ4v) is 1.39. The molecule has 1 N–H and O–H groups in total. The summed E-state index contributed by atoms with van der Waals surface area (Å²) < 4.78 is 4.90. The standard InChI is InChI=1S/C10H21NO2S/c1-3-5-6-7-11-9(8-14)10(12)13-4-2/h9,11,14H,3-8H2,1-2H3/t9-/m0/s1. The number of esters is 1. The molecule has 0 rings (SSSR count). The molecule has 0 aliphatic heterocycles. The van der Waals surface area contributed by atoms with Crippen molar-refractivity contribution in [2.24, 2.45) is 0 Å². The molecular weight excluding hydrogens is 198 g/mol. The van der Waals surface area contributed by atoms with Gasteiger partial charge in [-0.05, 0) is 19.9 Å². The summed E-state index contributed by atoms with van der Waals surface area (Å²) >= 11 is 4.11. The van der Waals surface area contributed by atoms with Gasteiger partial charge in [-0.2, -0.15) is 12.6 Å². The van der Waals surface area contributed by atoms with E-state index < -0.39 is 0 Å². The topological polar surface area (TPSA) is 38.3 Å². The first-order chi connectivity index (χ1) is 6.76. The van der Waals surface area contributed by atoms with E-state index in [-0.39, 0.29) is 12.0 Å². The molecule has 4 heteroatoms. The molecule has 0 radical (unpaired) electrons. The van der Waals surface area contributed by atoms with Gasteiger partial charge < -0.3 is 10.1 Å². The number of carbonyl (C=O) groups is 1. The fraction of sp³-hybridized carbons (Fsp3) is 0.900. The van der Waals surface area contributed by atoms with Crippen LogP contribution in [0.15, 0.2) is 0 Å². The highest BCUT2D eigenvalue weighted by molar-refractivity contribution is 7.80. The largest absolute Gasteiger partial charge is 0.465 e. The first-order valence-corrected chi connectivity index (χ1v) is 5.90. The summed E-state index contributed by atoms with van der Waals surface area (Å²) in [6.45, 7) is 5.25. The Morgan fingerprint density at radius 3 is 2.64 bits per heavy atom. The molecule has 0 unspecified atom stereocenters. The van der Waals surface area contributed by atoms with E-state index in [2.05, 4.69) is 24.9 Å². The van der Waals surface area contributed by atoms with Gasteiger partial charge in [0.1, 0.15) is 6.04 Å². The lowest BCUT2D eigenvalue weighted by Crippen LogP contribution is -2.40. The van der Waals surface area contributed by atoms with Crippen LogP contribution in [0.4, 0.5) is 0 Å². The van der Waals surface area contributed by atoms with Crippen LogP contribution in [0.5, 0.6) is 0 Å². The van der Waals surface area contributed by atoms with Crippen molar-refractivity contribution in [1.82, 2.24) is 5.32 Å². The number of rotatable bonds is 8. The molecule has 0 amide bonds. The number of nitrogens with one attached hydrogen (secondary N) is 1. The van der Waals surface area contributed by atoms with Crippen LogP contribution in [0.2, 0.25) is 0 Å². The van der Waals surface area contributed by atoms with Crippen molar-refractivity contribution < 1.29 is 9.53 Å². The highest BCUT2D eigenvalue weighted by Crippen LogP contribution is 1.96. The Bertz CT molecular complexity index is 153. The van der Waals surface area contributed by atoms with Crippen LogP contribution in [0, 0.1) is 0 Å². The molecule has 0 aromatic carbocycles. The third-order valence-corrected chi connectivity index (χ3v) is 2.29. The number of thiol groups is 1. The first-order valence-electron chi connectivity index (χ1n) is 5.27. The van der Waals surface area contributed by atoms with Gasteiger partial charge in [0.05, 0.1) is 6.61 Å². The molecule has 0 saturated carbocycles. The third-order valence-electron chi connectivity index (χ3n) is 1.92. The van der Waals surface area contributed by atoms with Crippen LogP contribution >= 0.6 is 12.6 Å². The van der Waals surface area contributed by atoms with Crippen LogP contribution < -0.4 is 5.32 Å². The Morgan fingerprint density at radius 2 is 2.14 bits per heavy atom. The zero-order valence-electron chi connectivity index (χ0n) is 9.08. The Morgan fingerprint density at radius 1 is 1.43 bits per heavy atom. The highest BCUT2D eigenvalue weighted by atomic mass is 32.1. The maximum absolute atomic E-state index is 11.3. The molecule has 14 heavy (non-hydrogen) atoms. The average Bonchev–Trinajstić information content (AvgIpc) is 2.18. The minimum absolute atomic E-state index is 0.195. The summed E-state index contributed by atoms with van der Waals surface area (Å²) in [7, 11) is 0. The third kappa shape index (κ3) is 6.27. The SMILES string of the molecule is CCCCCN[C@@H](CS)C(=O)OCC. The lowest BCUT2D eigenvalue weighted by Gasteiger charge is -2.14. The second-order valence-corrected chi connectivity index (χ2v) is 3.51. The van der Waals surface area contributed by atoms with E-state index in [1.165, 1.54) is 12.8 Å². The monoisotopic (exact) mass is 219 g/mol. The molecule has 0 fully saturated rings. The fourth-order valence-electron chi connectivity index (χ4n) is 1.12. The Labute approximate surface area is 92.0 Å². The van der Waals surface area contributed by atoms with E-state index in [0.29, 0.717) is 12.4 Å². The molecule has 0 saturated heterocycles. The normalized spacial score (nSPS) is 12.5. The molecule has 0 bridgehead atoms. The summed E-state index contributed by atoms with van der Waals surface area (Å²) in [6, 6.07) is -0.255. The predicted octanol–water partition coefficient (Wildman–Crippen LogP) is 1.63. The van der Waals surface area contributed by atoms with E-state index in [1.54, 1.807) is 0 Å². The highest BCUT2D eigenvalue weighted by Gasteiger charge is 2.16. The summed E-state index contributed by atoms with van der Waals surface area (Å²) in [5.74, 6) is 0.296. The van der Waals surface area contributed by atoms with Crippen LogP contribution in [-0.2, 0) is 9.53 Å². The molecule has 84 valence electrons. The summed E-state index contributed by atoms with van der Waals surface area (Å²) in [5, 5.41) is 3.14. The number of unbranched alkanes of at least 4 members (excludes halogenated alkanes) is 2. The zero-order chi connectivity index (χ0) is 10.8. The van der Waals surface area contributed by atoms with Gasteiger partial charge in [-0.15, -0.1) is 0 Å². The quantitative estimate of drug-likeness (QED) is 0.370. The van der Waals surface area contributed by atoms with Crippen molar-refractivity contribution in [3.63, 3.8) is 0 Å². The van der Waals surface area contributed by atoms with E-state index in [1.807, 2.05) is 6.92 Å². The van der Waals surface area contributed by atoms with Crippen molar-refractivity contribution in [3.05, 3.63) is 0 Å². The van der Waals surface area contributed by atoms with Gasteiger partial charge in [0, 0.05) is 5.75 Å². The Balaban J connectivity index is 3.62. The van der Waals surface area contributed by atoms with Gasteiger partial charge >= 0.3 is 5.97 Å². The van der Waals surface area contributed by atoms with E-state index in [9.17, 15) is 4.79 Å². The molecular formula is C10H21NO2S. The van der Waals surface area contributed by atoms with Crippen LogP contribution in [0.3, 0.4) is 0 Å². The molecule has 0 aliphatic carbocycles. The molecule has 0 aromatic rings. The second-order valence-electron chi connectivity index (χ2n) is 3.15. The van der Waals surface area contributed by atoms with Crippen molar-refractivity contribution in [2.45, 2.75) is 39.2 Å². The van der Waals surface area contributed by atoms with Gasteiger partial charge in [0.2, 0.25) is 0 Å². The molecule has 0 aliphatic rings. The second kappa shape index (κ2) is 9.34. The smallest absolute Gasteiger partial charge is 0.323 e. The van der Waals surface area contributed by atoms with Gasteiger partial charge in [0.15, 0.2) is 0 Å². The zero-order valence-corrected chi connectivity index (χ0v) is 9.98. The molecule has 0 spiro atoms. The number of hydrogen-bond acceptors (Lipinski definition) is 4. The van der Waals surface area contributed by atoms with Crippen LogP contribution in [0.25, 0.3) is 0 Å². The van der Waals surface area contributed by atoms with E-state index in [4.69, 9.17) is 4.74 Å². The van der Waals surface area contributed by atoms with Crippen molar-refractivity contribution in [3.8, 4) is 0 Å². The first kappa shape index (κ1) is 13.8. The van der Waals surface area contributed by atoms with Crippen molar-refractivity contribution >= 4 is 18.6 Å². The predicted molar refractivity (Wildman–Crippen MR) is 61.8 cm³/mol. The summed E-state index contributed by atoms with van der Waals surface area (Å²) in [4.78, 5) is 11.3. The Hall–Kier alpha value is -0.220. The van der Waals surface area contributed by atoms with E-state index >= 15 is 0 Å². The lowest BCUT2D eigenvalue weighted by molar-refractivity contribution is -0.144. The van der Waals surface area contributed by atoms with Crippen LogP contribution in [0.1, 0.15) is 33.1 Å². The minimum Gasteiger partial charge on any atom is -0.465 e. The summed E-state index contributed by atoms with van der Waals surface area (Å²) in [5.41, 5.74) is 0. The molecule has 3 nitrogen and oxygen atoms in total. The number of ether oxygens (including phenoxy) is 1. The minimum atomic E-state index is -0.255. The van der Waals surface area contributed by atoms with Crippen molar-refractivity contribution in [1.29, 1.82) is 0 Å². The average molecular weight is 219 g/mol. The van der Waals surface area contributed by atoms with Gasteiger partial charge in [0.25, 0.3) is 0 Å². The van der Waals surface area contributed by atoms with Gasteiger partial charge in [-0.1, -0.05) is 19.8 Å². The molecule has 0 aromatic heterocycles. The number of carbonyl (C=O) groups excluding carboxylic acids is 1. The van der Waals surface area contributed by atoms with E-state index in [0.717, 1.165) is 13.0 Å². The Kier molecular flexibility index (Phi) is 9.19. The number of hydrogen-bond donors (Lipinski definition) is 2. The van der Waals surface area contributed by atoms with Gasteiger partial charge in [-0.25, -0.2) is 0 Å². The maximum atomic E-state index is 11.3. The van der Waals surface area contributed by atoms with Gasteiger partial charge in [-0.3, -0.25) is 4.79 Å². The maximum Gasteiger partial charge on any atom is 0.323 e. The lowest BCUT2D eigenvalue weighted by atomic mass is 10.2.